The molecule has 1 aromatic heterocycles. The molecule has 0 amide bonds. The summed E-state index contributed by atoms with van der Waals surface area (Å²) >= 11 is 0. The highest BCUT2D eigenvalue weighted by atomic mass is 16.5. The zero-order chi connectivity index (χ0) is 14.2. The minimum atomic E-state index is -1.06. The molecule has 20 heavy (non-hydrogen) atoms. The number of hydrogen-bond donors (Lipinski definition) is 1. The van der Waals surface area contributed by atoms with Gasteiger partial charge in [0, 0.05) is 23.6 Å². The number of benzene rings is 1. The number of aryl methyl sites for hydroxylation is 1. The van der Waals surface area contributed by atoms with Crippen LogP contribution < -0.4 is 9.47 Å². The average molecular weight is 274 g/mol. The highest BCUT2D eigenvalue weighted by Gasteiger charge is 2.40. The topological polar surface area (TPSA) is 51.8 Å². The van der Waals surface area contributed by atoms with Crippen LogP contribution in [0.1, 0.15) is 29.7 Å². The number of rotatable bonds is 3. The second kappa shape index (κ2) is 4.87. The standard InChI is InChI=1S/C16H18O4/c1-18-11-5-6-12(15(10-11)19-2)16(17)8-3-4-14-13(16)7-9-20-14/h5-7,9-10,17H,3-4,8H2,1-2H3. The second-order valence-electron chi connectivity index (χ2n) is 5.04. The van der Waals surface area contributed by atoms with Crippen LogP contribution in [0.3, 0.4) is 0 Å². The van der Waals surface area contributed by atoms with Crippen LogP contribution in [-0.2, 0) is 12.0 Å². The van der Waals surface area contributed by atoms with Crippen molar-refractivity contribution >= 4 is 0 Å². The maximum Gasteiger partial charge on any atom is 0.128 e. The third kappa shape index (κ3) is 1.88. The van der Waals surface area contributed by atoms with Crippen LogP contribution in [0.25, 0.3) is 0 Å². The lowest BCUT2D eigenvalue weighted by atomic mass is 9.77. The van der Waals surface area contributed by atoms with E-state index in [2.05, 4.69) is 0 Å². The molecule has 4 heteroatoms. The molecule has 0 spiro atoms. The summed E-state index contributed by atoms with van der Waals surface area (Å²) in [6, 6.07) is 7.34. The summed E-state index contributed by atoms with van der Waals surface area (Å²) in [4.78, 5) is 0. The summed E-state index contributed by atoms with van der Waals surface area (Å²) in [6.45, 7) is 0. The molecule has 1 aliphatic carbocycles. The summed E-state index contributed by atoms with van der Waals surface area (Å²) in [6.07, 6.45) is 4.04. The monoisotopic (exact) mass is 274 g/mol. The van der Waals surface area contributed by atoms with Gasteiger partial charge >= 0.3 is 0 Å². The molecule has 1 unspecified atom stereocenters. The predicted octanol–water partition coefficient (Wildman–Crippen LogP) is 2.87. The molecule has 106 valence electrons. The quantitative estimate of drug-likeness (QED) is 0.935. The molecule has 1 heterocycles. The third-order valence-electron chi connectivity index (χ3n) is 3.99. The number of methoxy groups -OCH3 is 2. The molecule has 1 atom stereocenters. The molecule has 2 aromatic rings. The zero-order valence-electron chi connectivity index (χ0n) is 11.7. The lowest BCUT2D eigenvalue weighted by Crippen LogP contribution is -2.31. The Morgan fingerprint density at radius 3 is 2.75 bits per heavy atom. The first-order valence-corrected chi connectivity index (χ1v) is 6.71. The zero-order valence-corrected chi connectivity index (χ0v) is 11.7. The summed E-state index contributed by atoms with van der Waals surface area (Å²) in [7, 11) is 3.21. The van der Waals surface area contributed by atoms with Gasteiger partial charge in [-0.05, 0) is 31.0 Å². The van der Waals surface area contributed by atoms with Gasteiger partial charge in [0.1, 0.15) is 22.9 Å². The van der Waals surface area contributed by atoms with Crippen molar-refractivity contribution in [1.82, 2.24) is 0 Å². The van der Waals surface area contributed by atoms with Crippen LogP contribution in [0.5, 0.6) is 11.5 Å². The van der Waals surface area contributed by atoms with E-state index in [0.717, 1.165) is 29.7 Å². The maximum absolute atomic E-state index is 11.2. The molecule has 0 saturated heterocycles. The van der Waals surface area contributed by atoms with Gasteiger partial charge in [0.15, 0.2) is 0 Å². The lowest BCUT2D eigenvalue weighted by molar-refractivity contribution is 0.0563. The first kappa shape index (κ1) is 13.1. The van der Waals surface area contributed by atoms with E-state index in [9.17, 15) is 5.11 Å². The third-order valence-corrected chi connectivity index (χ3v) is 3.99. The van der Waals surface area contributed by atoms with E-state index in [4.69, 9.17) is 13.9 Å². The number of ether oxygens (including phenoxy) is 2. The van der Waals surface area contributed by atoms with Gasteiger partial charge in [-0.15, -0.1) is 0 Å². The molecule has 0 fully saturated rings. The first-order valence-electron chi connectivity index (χ1n) is 6.71. The van der Waals surface area contributed by atoms with Crippen molar-refractivity contribution in [2.24, 2.45) is 0 Å². The second-order valence-corrected chi connectivity index (χ2v) is 5.04. The summed E-state index contributed by atoms with van der Waals surface area (Å²) < 4.78 is 16.1. The number of fused-ring (bicyclic) bond motifs is 1. The van der Waals surface area contributed by atoms with Crippen molar-refractivity contribution in [1.29, 1.82) is 0 Å². The molecule has 0 bridgehead atoms. The molecule has 3 rings (SSSR count). The Labute approximate surface area is 117 Å². The fraction of sp³-hybridized carbons (Fsp3) is 0.375. The largest absolute Gasteiger partial charge is 0.497 e. The van der Waals surface area contributed by atoms with E-state index in [-0.39, 0.29) is 0 Å². The van der Waals surface area contributed by atoms with Crippen molar-refractivity contribution in [3.63, 3.8) is 0 Å². The van der Waals surface area contributed by atoms with Gasteiger partial charge in [0.25, 0.3) is 0 Å². The smallest absolute Gasteiger partial charge is 0.128 e. The van der Waals surface area contributed by atoms with Crippen molar-refractivity contribution in [2.45, 2.75) is 24.9 Å². The van der Waals surface area contributed by atoms with Crippen LogP contribution in [0.2, 0.25) is 0 Å². The molecule has 1 aromatic carbocycles. The Hall–Kier alpha value is -1.94. The van der Waals surface area contributed by atoms with Crippen molar-refractivity contribution < 1.29 is 19.0 Å². The van der Waals surface area contributed by atoms with Crippen LogP contribution in [0.4, 0.5) is 0 Å². The van der Waals surface area contributed by atoms with Crippen molar-refractivity contribution in [2.75, 3.05) is 14.2 Å². The van der Waals surface area contributed by atoms with Crippen LogP contribution >= 0.6 is 0 Å². The summed E-state index contributed by atoms with van der Waals surface area (Å²) in [5, 5.41) is 11.2. The minimum absolute atomic E-state index is 0.626. The first-order chi connectivity index (χ1) is 9.69. The Bertz CT molecular complexity index is 617. The maximum atomic E-state index is 11.2. The van der Waals surface area contributed by atoms with Gasteiger partial charge in [-0.3, -0.25) is 0 Å². The number of hydrogen-bond acceptors (Lipinski definition) is 4. The van der Waals surface area contributed by atoms with Gasteiger partial charge in [-0.1, -0.05) is 0 Å². The molecule has 0 saturated carbocycles. The van der Waals surface area contributed by atoms with E-state index in [0.29, 0.717) is 17.9 Å². The molecule has 1 N–H and O–H groups in total. The Morgan fingerprint density at radius 2 is 2.00 bits per heavy atom. The number of furan rings is 1. The van der Waals surface area contributed by atoms with Crippen LogP contribution in [0.15, 0.2) is 34.9 Å². The van der Waals surface area contributed by atoms with E-state index in [1.54, 1.807) is 26.5 Å². The SMILES string of the molecule is COc1ccc(C2(O)CCCc3occc32)c(OC)c1. The molecule has 0 aliphatic heterocycles. The predicted molar refractivity (Wildman–Crippen MR) is 74.2 cm³/mol. The van der Waals surface area contributed by atoms with Gasteiger partial charge in [-0.25, -0.2) is 0 Å². The minimum Gasteiger partial charge on any atom is -0.497 e. The molecular weight excluding hydrogens is 256 g/mol. The van der Waals surface area contributed by atoms with E-state index >= 15 is 0 Å². The lowest BCUT2D eigenvalue weighted by Gasteiger charge is -2.33. The fourth-order valence-corrected chi connectivity index (χ4v) is 2.96. The van der Waals surface area contributed by atoms with Crippen LogP contribution in [0, 0.1) is 0 Å². The molecular formula is C16H18O4. The Kier molecular flexibility index (Phi) is 3.18. The Morgan fingerprint density at radius 1 is 1.15 bits per heavy atom. The summed E-state index contributed by atoms with van der Waals surface area (Å²) in [5.74, 6) is 2.19. The summed E-state index contributed by atoms with van der Waals surface area (Å²) in [5.41, 5.74) is 0.536. The highest BCUT2D eigenvalue weighted by molar-refractivity contribution is 5.49. The molecule has 4 nitrogen and oxygen atoms in total. The fourth-order valence-electron chi connectivity index (χ4n) is 2.96. The number of aliphatic hydroxyl groups is 1. The highest BCUT2D eigenvalue weighted by Crippen LogP contribution is 2.45. The molecule has 0 radical (unpaired) electrons. The van der Waals surface area contributed by atoms with Crippen molar-refractivity contribution in [3.05, 3.63) is 47.4 Å². The van der Waals surface area contributed by atoms with Gasteiger partial charge in [0.05, 0.1) is 20.5 Å². The van der Waals surface area contributed by atoms with E-state index < -0.39 is 5.60 Å². The normalized spacial score (nSPS) is 21.4. The average Bonchev–Trinajstić information content (AvgIpc) is 2.96. The van der Waals surface area contributed by atoms with Gasteiger partial charge in [-0.2, -0.15) is 0 Å². The van der Waals surface area contributed by atoms with Gasteiger partial charge in [0.2, 0.25) is 0 Å². The molecule has 1 aliphatic rings. The Balaban J connectivity index is 2.14. The van der Waals surface area contributed by atoms with E-state index in [1.807, 2.05) is 18.2 Å². The van der Waals surface area contributed by atoms with Crippen LogP contribution in [-0.4, -0.2) is 19.3 Å². The van der Waals surface area contributed by atoms with Crippen molar-refractivity contribution in [3.8, 4) is 11.5 Å². The van der Waals surface area contributed by atoms with E-state index in [1.165, 1.54) is 0 Å². The van der Waals surface area contributed by atoms with Gasteiger partial charge < -0.3 is 19.0 Å².